The zero-order valence-electron chi connectivity index (χ0n) is 15.1. The number of hydrogen-bond acceptors (Lipinski definition) is 3. The summed E-state index contributed by atoms with van der Waals surface area (Å²) in [6.45, 7) is 2.63. The number of hydrogen-bond donors (Lipinski definition) is 2. The highest BCUT2D eigenvalue weighted by Gasteiger charge is 2.71. The number of likely N-dealkylation sites (tertiary alicyclic amines) is 1. The Morgan fingerprint density at radius 1 is 1.12 bits per heavy atom. The van der Waals surface area contributed by atoms with Crippen LogP contribution in [-0.4, -0.2) is 46.3 Å². The zero-order chi connectivity index (χ0) is 17.7. The van der Waals surface area contributed by atoms with Gasteiger partial charge in [0, 0.05) is 30.0 Å². The van der Waals surface area contributed by atoms with Crippen molar-refractivity contribution < 1.29 is 14.4 Å². The molecule has 2 bridgehead atoms. The van der Waals surface area contributed by atoms with E-state index in [2.05, 4.69) is 15.5 Å². The van der Waals surface area contributed by atoms with Crippen LogP contribution in [0.25, 0.3) is 0 Å². The highest BCUT2D eigenvalue weighted by Crippen LogP contribution is 2.64. The van der Waals surface area contributed by atoms with Crippen LogP contribution < -0.4 is 10.6 Å². The third-order valence-corrected chi connectivity index (χ3v) is 6.76. The van der Waals surface area contributed by atoms with E-state index in [0.717, 1.165) is 64.3 Å². The van der Waals surface area contributed by atoms with Gasteiger partial charge in [-0.2, -0.15) is 0 Å². The Morgan fingerprint density at radius 3 is 2.44 bits per heavy atom. The summed E-state index contributed by atoms with van der Waals surface area (Å²) >= 11 is 0. The summed E-state index contributed by atoms with van der Waals surface area (Å²) in [6.07, 6.45) is 9.50. The van der Waals surface area contributed by atoms with E-state index in [9.17, 15) is 14.4 Å². The number of nitrogens with zero attached hydrogens (tertiary/aromatic N) is 1. The largest absolute Gasteiger partial charge is 0.349 e. The van der Waals surface area contributed by atoms with Crippen molar-refractivity contribution >= 4 is 17.7 Å². The lowest BCUT2D eigenvalue weighted by atomic mass is 9.43. The molecule has 2 N–H and O–H groups in total. The highest BCUT2D eigenvalue weighted by atomic mass is 16.2. The van der Waals surface area contributed by atoms with Gasteiger partial charge < -0.3 is 15.5 Å². The Morgan fingerprint density at radius 2 is 1.80 bits per heavy atom. The number of nitrogens with one attached hydrogen (secondary N) is 2. The lowest BCUT2D eigenvalue weighted by molar-refractivity contribution is -0.195. The van der Waals surface area contributed by atoms with Crippen molar-refractivity contribution in [1.29, 1.82) is 0 Å². The van der Waals surface area contributed by atoms with Gasteiger partial charge in [0.25, 0.3) is 0 Å². The Balaban J connectivity index is 1.26. The first kappa shape index (κ1) is 16.9. The predicted molar refractivity (Wildman–Crippen MR) is 92.6 cm³/mol. The summed E-state index contributed by atoms with van der Waals surface area (Å²) in [5.41, 5.74) is -0.123. The van der Waals surface area contributed by atoms with Crippen LogP contribution in [0.4, 0.5) is 0 Å². The lowest BCUT2D eigenvalue weighted by Gasteiger charge is -2.74. The molecule has 5 aliphatic rings. The Kier molecular flexibility index (Phi) is 4.04. The average molecular weight is 347 g/mol. The molecule has 0 spiro atoms. The van der Waals surface area contributed by atoms with Gasteiger partial charge in [0.1, 0.15) is 6.04 Å². The molecular weight excluding hydrogens is 318 g/mol. The molecule has 1 aliphatic heterocycles. The quantitative estimate of drug-likeness (QED) is 0.791. The monoisotopic (exact) mass is 347 g/mol. The molecule has 25 heavy (non-hydrogen) atoms. The summed E-state index contributed by atoms with van der Waals surface area (Å²) in [4.78, 5) is 38.8. The molecule has 0 aromatic rings. The number of piperidine rings is 1. The van der Waals surface area contributed by atoms with Crippen molar-refractivity contribution in [2.24, 2.45) is 5.92 Å². The van der Waals surface area contributed by atoms with E-state index in [0.29, 0.717) is 6.42 Å². The Hall–Kier alpha value is -1.59. The minimum Gasteiger partial charge on any atom is -0.349 e. The van der Waals surface area contributed by atoms with Crippen LogP contribution in [0.5, 0.6) is 0 Å². The smallest absolute Gasteiger partial charge is 0.242 e. The minimum absolute atomic E-state index is 0.0150. The van der Waals surface area contributed by atoms with Gasteiger partial charge in [0.2, 0.25) is 17.7 Å². The van der Waals surface area contributed by atoms with Crippen molar-refractivity contribution in [3.8, 4) is 0 Å². The molecule has 6 nitrogen and oxygen atoms in total. The van der Waals surface area contributed by atoms with Crippen LogP contribution in [0.15, 0.2) is 0 Å². The van der Waals surface area contributed by atoms with E-state index >= 15 is 0 Å². The Labute approximate surface area is 149 Å². The molecule has 5 fully saturated rings. The van der Waals surface area contributed by atoms with Gasteiger partial charge in [-0.15, -0.1) is 0 Å². The molecule has 1 saturated heterocycles. The maximum absolute atomic E-state index is 12.5. The molecule has 1 unspecified atom stereocenters. The molecule has 138 valence electrons. The maximum atomic E-state index is 12.5. The van der Waals surface area contributed by atoms with Crippen LogP contribution in [-0.2, 0) is 14.4 Å². The normalized spacial score (nSPS) is 35.6. The zero-order valence-corrected chi connectivity index (χ0v) is 15.1. The van der Waals surface area contributed by atoms with Crippen LogP contribution in [0, 0.1) is 5.92 Å². The van der Waals surface area contributed by atoms with E-state index in [-0.39, 0.29) is 34.7 Å². The van der Waals surface area contributed by atoms with Gasteiger partial charge in [0.15, 0.2) is 0 Å². The summed E-state index contributed by atoms with van der Waals surface area (Å²) in [5, 5.41) is 6.02. The summed E-state index contributed by atoms with van der Waals surface area (Å²) in [7, 11) is 0. The fourth-order valence-electron chi connectivity index (χ4n) is 5.42. The van der Waals surface area contributed by atoms with Gasteiger partial charge in [-0.3, -0.25) is 14.4 Å². The van der Waals surface area contributed by atoms with E-state index in [1.54, 1.807) is 6.92 Å². The lowest BCUT2D eigenvalue weighted by Crippen LogP contribution is -2.85. The molecule has 6 heteroatoms. The molecule has 4 saturated carbocycles. The van der Waals surface area contributed by atoms with Gasteiger partial charge in [-0.1, -0.05) is 12.8 Å². The van der Waals surface area contributed by atoms with Crippen LogP contribution in [0.2, 0.25) is 0 Å². The van der Waals surface area contributed by atoms with Crippen LogP contribution >= 0.6 is 0 Å². The average Bonchev–Trinajstić information content (AvgIpc) is 3.04. The first-order chi connectivity index (χ1) is 11.9. The van der Waals surface area contributed by atoms with Gasteiger partial charge in [0.05, 0.1) is 0 Å². The predicted octanol–water partition coefficient (Wildman–Crippen LogP) is 1.49. The van der Waals surface area contributed by atoms with Gasteiger partial charge >= 0.3 is 0 Å². The molecule has 1 heterocycles. The summed E-state index contributed by atoms with van der Waals surface area (Å²) in [6, 6.07) is -0.491. The van der Waals surface area contributed by atoms with E-state index in [4.69, 9.17) is 0 Å². The first-order valence-electron chi connectivity index (χ1n) is 9.86. The molecule has 0 aromatic heterocycles. The van der Waals surface area contributed by atoms with Crippen LogP contribution in [0.1, 0.15) is 71.1 Å². The van der Waals surface area contributed by atoms with Crippen molar-refractivity contribution in [1.82, 2.24) is 15.5 Å². The molecule has 1 atom stereocenters. The molecule has 3 amide bonds. The number of carbonyl (C=O) groups is 3. The van der Waals surface area contributed by atoms with Crippen molar-refractivity contribution in [3.05, 3.63) is 0 Å². The van der Waals surface area contributed by atoms with E-state index < -0.39 is 6.04 Å². The fraction of sp³-hybridized carbons (Fsp3) is 0.842. The summed E-state index contributed by atoms with van der Waals surface area (Å²) < 4.78 is 0. The first-order valence-corrected chi connectivity index (χ1v) is 9.86. The van der Waals surface area contributed by atoms with Crippen molar-refractivity contribution in [2.75, 3.05) is 6.54 Å². The maximum Gasteiger partial charge on any atom is 0.242 e. The topological polar surface area (TPSA) is 78.5 Å². The van der Waals surface area contributed by atoms with E-state index in [1.807, 2.05) is 0 Å². The molecule has 0 aromatic carbocycles. The molecule has 5 rings (SSSR count). The van der Waals surface area contributed by atoms with Crippen molar-refractivity contribution in [3.63, 3.8) is 0 Å². The number of amides is 3. The second-order valence-electron chi connectivity index (χ2n) is 8.74. The summed E-state index contributed by atoms with van der Waals surface area (Å²) in [5.74, 6) is 0.291. The number of rotatable bonds is 5. The molecule has 0 radical (unpaired) electrons. The van der Waals surface area contributed by atoms with Gasteiger partial charge in [-0.25, -0.2) is 0 Å². The van der Waals surface area contributed by atoms with Gasteiger partial charge in [-0.05, 0) is 51.9 Å². The van der Waals surface area contributed by atoms with E-state index in [1.165, 1.54) is 0 Å². The SMILES string of the molecule is CC(NC(=O)C1CCCC1)C(=O)NC12CC(N3CCCCC3=O)(C1)C2. The number of carbonyl (C=O) groups excluding carboxylic acids is 3. The standard InChI is InChI=1S/C19H29N3O3/c1-13(20-17(25)14-6-2-3-7-14)16(24)21-18-10-19(11-18,12-18)22-9-5-4-8-15(22)23/h13-14H,2-12H2,1H3,(H,20,25)(H,21,24). The van der Waals surface area contributed by atoms with Crippen LogP contribution in [0.3, 0.4) is 0 Å². The molecular formula is C19H29N3O3. The van der Waals surface area contributed by atoms with Crippen molar-refractivity contribution in [2.45, 2.75) is 88.3 Å². The fourth-order valence-corrected chi connectivity index (χ4v) is 5.42. The second kappa shape index (κ2) is 5.99. The minimum atomic E-state index is -0.491. The molecule has 4 aliphatic carbocycles. The third-order valence-electron chi connectivity index (χ3n) is 6.76. The second-order valence-corrected chi connectivity index (χ2v) is 8.74. The third kappa shape index (κ3) is 2.83. The highest BCUT2D eigenvalue weighted by molar-refractivity contribution is 5.89. The Bertz CT molecular complexity index is 577.